The van der Waals surface area contributed by atoms with Crippen LogP contribution in [-0.4, -0.2) is 57.0 Å². The maximum Gasteiger partial charge on any atom is 0.251 e. The smallest absolute Gasteiger partial charge is 0.251 e. The second kappa shape index (κ2) is 8.56. The van der Waals surface area contributed by atoms with Crippen molar-refractivity contribution in [1.82, 2.24) is 13.8 Å². The largest absolute Gasteiger partial charge is 0.497 e. The van der Waals surface area contributed by atoms with E-state index in [1.54, 1.807) is 14.2 Å². The Kier molecular flexibility index (Phi) is 6.30. The quantitative estimate of drug-likeness (QED) is 0.679. The highest BCUT2D eigenvalue weighted by Crippen LogP contribution is 2.39. The van der Waals surface area contributed by atoms with Crippen molar-refractivity contribution in [3.8, 4) is 11.5 Å². The summed E-state index contributed by atoms with van der Waals surface area (Å²) >= 11 is 0. The fraction of sp³-hybridized carbons (Fsp3) is 0.450. The number of nitrogens with zero attached hydrogens (tertiary/aromatic N) is 3. The van der Waals surface area contributed by atoms with E-state index in [0.717, 1.165) is 40.8 Å². The van der Waals surface area contributed by atoms with E-state index in [2.05, 4.69) is 4.90 Å². The number of pyridine rings is 1. The van der Waals surface area contributed by atoms with Crippen LogP contribution in [0.2, 0.25) is 0 Å². The summed E-state index contributed by atoms with van der Waals surface area (Å²) in [5.41, 5.74) is 0.750. The average molecular weight is 422 g/mol. The summed E-state index contributed by atoms with van der Waals surface area (Å²) in [5, 5.41) is 0. The fourth-order valence-electron chi connectivity index (χ4n) is 3.63. The van der Waals surface area contributed by atoms with Gasteiger partial charge in [-0.05, 0) is 37.1 Å². The van der Waals surface area contributed by atoms with Gasteiger partial charge in [-0.2, -0.15) is 0 Å². The molecule has 0 N–H and O–H groups in total. The summed E-state index contributed by atoms with van der Waals surface area (Å²) in [7, 11) is 2.57. The van der Waals surface area contributed by atoms with Crippen LogP contribution in [-0.2, 0) is 16.7 Å². The number of rotatable bonds is 7. The van der Waals surface area contributed by atoms with Crippen molar-refractivity contribution in [1.29, 1.82) is 0 Å². The van der Waals surface area contributed by atoms with E-state index in [1.807, 2.05) is 18.2 Å². The third-order valence-electron chi connectivity index (χ3n) is 5.23. The van der Waals surface area contributed by atoms with Crippen LogP contribution in [0.5, 0.6) is 11.5 Å². The predicted octanol–water partition coefficient (Wildman–Crippen LogP) is 1.91. The van der Waals surface area contributed by atoms with Crippen molar-refractivity contribution in [3.63, 3.8) is 0 Å². The van der Waals surface area contributed by atoms with Gasteiger partial charge in [-0.25, -0.2) is 12.7 Å². The molecular formula is C20H27N3O5S. The lowest BCUT2D eigenvalue weighted by molar-refractivity contribution is 0.195. The van der Waals surface area contributed by atoms with E-state index in [1.165, 1.54) is 37.0 Å². The Morgan fingerprint density at radius 3 is 2.55 bits per heavy atom. The Labute approximate surface area is 171 Å². The molecule has 0 bridgehead atoms. The van der Waals surface area contributed by atoms with E-state index < -0.39 is 10.0 Å². The first kappa shape index (κ1) is 21.4. The first-order valence-electron chi connectivity index (χ1n) is 9.37. The predicted molar refractivity (Wildman–Crippen MR) is 110 cm³/mol. The molecule has 0 radical (unpaired) electrons. The molecular weight excluding hydrogens is 394 g/mol. The van der Waals surface area contributed by atoms with Gasteiger partial charge in [-0.1, -0.05) is 0 Å². The SMILES string of the molecule is COc1ccc(OC)c([C@H]2CCCN2Cn2cc(S(=O)(=O)N(C)C)ccc2=O)c1. The van der Waals surface area contributed by atoms with E-state index in [4.69, 9.17) is 9.47 Å². The fourth-order valence-corrected chi connectivity index (χ4v) is 4.55. The first-order valence-corrected chi connectivity index (χ1v) is 10.8. The monoisotopic (exact) mass is 421 g/mol. The zero-order chi connectivity index (χ0) is 21.2. The van der Waals surface area contributed by atoms with E-state index >= 15 is 0 Å². The molecule has 1 saturated heterocycles. The molecule has 1 aromatic heterocycles. The molecule has 29 heavy (non-hydrogen) atoms. The summed E-state index contributed by atoms with van der Waals surface area (Å²) in [6, 6.07) is 8.37. The highest BCUT2D eigenvalue weighted by Gasteiger charge is 2.29. The summed E-state index contributed by atoms with van der Waals surface area (Å²) in [6.45, 7) is 1.09. The van der Waals surface area contributed by atoms with Crippen molar-refractivity contribution in [3.05, 3.63) is 52.4 Å². The molecule has 2 heterocycles. The lowest BCUT2D eigenvalue weighted by Gasteiger charge is -2.27. The van der Waals surface area contributed by atoms with Gasteiger partial charge in [0.25, 0.3) is 5.56 Å². The van der Waals surface area contributed by atoms with Gasteiger partial charge < -0.3 is 14.0 Å². The molecule has 0 saturated carbocycles. The summed E-state index contributed by atoms with van der Waals surface area (Å²) in [4.78, 5) is 14.7. The molecule has 1 atom stereocenters. The Hall–Kier alpha value is -2.36. The Bertz CT molecular complexity index is 1030. The van der Waals surface area contributed by atoms with Gasteiger partial charge in [0.05, 0.1) is 25.8 Å². The number of likely N-dealkylation sites (tertiary alicyclic amines) is 1. The van der Waals surface area contributed by atoms with Crippen molar-refractivity contribution < 1.29 is 17.9 Å². The van der Waals surface area contributed by atoms with E-state index in [-0.39, 0.29) is 16.5 Å². The van der Waals surface area contributed by atoms with Crippen LogP contribution in [0.25, 0.3) is 0 Å². The van der Waals surface area contributed by atoms with Crippen molar-refractivity contribution >= 4 is 10.0 Å². The molecule has 8 nitrogen and oxygen atoms in total. The van der Waals surface area contributed by atoms with Gasteiger partial charge in [0.1, 0.15) is 11.5 Å². The Morgan fingerprint density at radius 2 is 1.90 bits per heavy atom. The normalized spacial score (nSPS) is 17.6. The molecule has 0 unspecified atom stereocenters. The van der Waals surface area contributed by atoms with Gasteiger partial charge in [0.2, 0.25) is 10.0 Å². The van der Waals surface area contributed by atoms with Crippen LogP contribution in [0.1, 0.15) is 24.4 Å². The number of hydrogen-bond acceptors (Lipinski definition) is 6. The molecule has 1 aromatic carbocycles. The summed E-state index contributed by atoms with van der Waals surface area (Å²) < 4.78 is 38.4. The molecule has 1 fully saturated rings. The minimum atomic E-state index is -3.62. The van der Waals surface area contributed by atoms with Crippen molar-refractivity contribution in [2.45, 2.75) is 30.4 Å². The number of benzene rings is 1. The molecule has 0 spiro atoms. The number of hydrogen-bond donors (Lipinski definition) is 0. The molecule has 0 aliphatic carbocycles. The molecule has 9 heteroatoms. The maximum absolute atomic E-state index is 12.4. The van der Waals surface area contributed by atoms with Gasteiger partial charge in [-0.15, -0.1) is 0 Å². The van der Waals surface area contributed by atoms with Crippen LogP contribution in [0, 0.1) is 0 Å². The van der Waals surface area contributed by atoms with Crippen LogP contribution in [0.15, 0.2) is 46.2 Å². The second-order valence-corrected chi connectivity index (χ2v) is 9.33. The molecule has 2 aromatic rings. The molecule has 3 rings (SSSR count). The molecule has 0 amide bonds. The van der Waals surface area contributed by atoms with Gasteiger partial charge >= 0.3 is 0 Å². The lowest BCUT2D eigenvalue weighted by atomic mass is 10.0. The van der Waals surface area contributed by atoms with Crippen molar-refractivity contribution in [2.75, 3.05) is 34.9 Å². The topological polar surface area (TPSA) is 81.1 Å². The minimum Gasteiger partial charge on any atom is -0.497 e. The van der Waals surface area contributed by atoms with Gasteiger partial charge in [-0.3, -0.25) is 9.69 Å². The third kappa shape index (κ3) is 4.31. The molecule has 1 aliphatic rings. The third-order valence-corrected chi connectivity index (χ3v) is 7.03. The zero-order valence-corrected chi connectivity index (χ0v) is 18.0. The number of ether oxygens (including phenoxy) is 2. The molecule has 158 valence electrons. The highest BCUT2D eigenvalue weighted by molar-refractivity contribution is 7.89. The zero-order valence-electron chi connectivity index (χ0n) is 17.2. The van der Waals surface area contributed by atoms with Crippen molar-refractivity contribution in [2.24, 2.45) is 0 Å². The van der Waals surface area contributed by atoms with Crippen LogP contribution >= 0.6 is 0 Å². The second-order valence-electron chi connectivity index (χ2n) is 7.18. The van der Waals surface area contributed by atoms with Crippen LogP contribution < -0.4 is 15.0 Å². The lowest BCUT2D eigenvalue weighted by Crippen LogP contribution is -2.33. The Balaban J connectivity index is 1.94. The van der Waals surface area contributed by atoms with Gasteiger partial charge in [0.15, 0.2) is 0 Å². The maximum atomic E-state index is 12.4. The van der Waals surface area contributed by atoms with Crippen LogP contribution in [0.3, 0.4) is 0 Å². The number of methoxy groups -OCH3 is 2. The van der Waals surface area contributed by atoms with E-state index in [0.29, 0.717) is 6.67 Å². The first-order chi connectivity index (χ1) is 13.8. The van der Waals surface area contributed by atoms with E-state index in [9.17, 15) is 13.2 Å². The summed E-state index contributed by atoms with van der Waals surface area (Å²) in [5.74, 6) is 1.50. The average Bonchev–Trinajstić information content (AvgIpc) is 3.16. The highest BCUT2D eigenvalue weighted by atomic mass is 32.2. The van der Waals surface area contributed by atoms with Gasteiger partial charge in [0, 0.05) is 44.5 Å². The minimum absolute atomic E-state index is 0.0427. The Morgan fingerprint density at radius 1 is 1.14 bits per heavy atom. The summed E-state index contributed by atoms with van der Waals surface area (Å²) in [6.07, 6.45) is 3.29. The van der Waals surface area contributed by atoms with Crippen LogP contribution in [0.4, 0.5) is 0 Å². The number of aromatic nitrogens is 1. The number of sulfonamides is 1. The standard InChI is InChI=1S/C20H27N3O5S/c1-21(2)29(25,26)16-8-10-20(24)23(13-16)14-22-11-5-6-18(22)17-12-15(27-3)7-9-19(17)28-4/h7-10,12-13,18H,5-6,11,14H2,1-4H3/t18-/m1/s1. The molecule has 1 aliphatic heterocycles.